The fraction of sp³-hybridized carbons (Fsp3) is 0.514. The van der Waals surface area contributed by atoms with Crippen molar-refractivity contribution in [3.05, 3.63) is 47.5 Å². The number of amides is 3. The molecule has 1 saturated heterocycles. The van der Waals surface area contributed by atoms with Crippen molar-refractivity contribution in [2.75, 3.05) is 27.7 Å². The molecule has 14 nitrogen and oxygen atoms in total. The van der Waals surface area contributed by atoms with Crippen LogP contribution in [0, 0.1) is 12.8 Å². The summed E-state index contributed by atoms with van der Waals surface area (Å²) in [4.78, 5) is 52.0. The lowest BCUT2D eigenvalue weighted by atomic mass is 10.1. The summed E-state index contributed by atoms with van der Waals surface area (Å²) in [6.45, 7) is 15.0. The van der Waals surface area contributed by atoms with Crippen LogP contribution in [0.15, 0.2) is 36.2 Å². The molecular formula is C35H46N6O8S2. The average Bonchev–Trinajstić information content (AvgIpc) is 3.34. The summed E-state index contributed by atoms with van der Waals surface area (Å²) >= 11 is 1.48. The molecule has 1 aliphatic carbocycles. The van der Waals surface area contributed by atoms with E-state index in [2.05, 4.69) is 25.7 Å². The molecule has 1 aromatic carbocycles. The van der Waals surface area contributed by atoms with Crippen LogP contribution in [0.1, 0.15) is 64.6 Å². The fourth-order valence-corrected chi connectivity index (χ4v) is 7.49. The van der Waals surface area contributed by atoms with Crippen molar-refractivity contribution in [3.63, 3.8) is 0 Å². The van der Waals surface area contributed by atoms with E-state index in [1.165, 1.54) is 36.4 Å². The molecule has 1 aliphatic heterocycles. The minimum atomic E-state index is -4.14. The first-order valence-corrected chi connectivity index (χ1v) is 18.9. The van der Waals surface area contributed by atoms with Gasteiger partial charge in [0.05, 0.1) is 24.9 Å². The number of pyridine rings is 1. The highest BCUT2D eigenvalue weighted by Crippen LogP contribution is 2.45. The molecule has 0 radical (unpaired) electrons. The van der Waals surface area contributed by atoms with Gasteiger partial charge in [0.2, 0.25) is 5.91 Å². The quantitative estimate of drug-likeness (QED) is 0.266. The Balaban J connectivity index is 1.49. The number of methoxy groups -OCH3 is 1. The summed E-state index contributed by atoms with van der Waals surface area (Å²) in [6.07, 6.45) is 0.276. The third-order valence-electron chi connectivity index (χ3n) is 8.94. The summed E-state index contributed by atoms with van der Waals surface area (Å²) in [5, 5.41) is 6.18. The van der Waals surface area contributed by atoms with E-state index in [1.807, 2.05) is 35.2 Å². The average molecular weight is 743 g/mol. The molecule has 16 heteroatoms. The summed E-state index contributed by atoms with van der Waals surface area (Å²) in [5.41, 5.74) is 0.590. The number of likely N-dealkylation sites (tertiary alicyclic amines) is 1. The normalized spacial score (nSPS) is 21.9. The molecule has 0 spiro atoms. The van der Waals surface area contributed by atoms with E-state index in [9.17, 15) is 22.8 Å². The Morgan fingerprint density at radius 2 is 1.88 bits per heavy atom. The number of ether oxygens (including phenoxy) is 3. The lowest BCUT2D eigenvalue weighted by Crippen LogP contribution is -2.57. The predicted octanol–water partition coefficient (Wildman–Crippen LogP) is 4.54. The van der Waals surface area contributed by atoms with Crippen LogP contribution >= 0.6 is 11.3 Å². The van der Waals surface area contributed by atoms with Gasteiger partial charge in [-0.3, -0.25) is 14.5 Å². The number of aromatic nitrogens is 2. The molecule has 1 saturated carbocycles. The number of thiazole rings is 1. The Morgan fingerprint density at radius 1 is 1.18 bits per heavy atom. The number of hydrogen-bond acceptors (Lipinski definition) is 11. The Hall–Kier alpha value is -4.28. The predicted molar refractivity (Wildman–Crippen MR) is 194 cm³/mol. The fourth-order valence-electron chi connectivity index (χ4n) is 5.95. The summed E-state index contributed by atoms with van der Waals surface area (Å²) in [6, 6.07) is 4.39. The first-order chi connectivity index (χ1) is 23.8. The molecule has 3 amide bonds. The van der Waals surface area contributed by atoms with E-state index in [0.29, 0.717) is 33.1 Å². The Kier molecular flexibility index (Phi) is 10.4. The maximum absolute atomic E-state index is 14.0. The number of carbonyl (C=O) groups is 3. The monoisotopic (exact) mass is 742 g/mol. The molecular weight excluding hydrogens is 697 g/mol. The van der Waals surface area contributed by atoms with Crippen LogP contribution < -0.4 is 19.5 Å². The zero-order valence-corrected chi connectivity index (χ0v) is 32.0. The van der Waals surface area contributed by atoms with Gasteiger partial charge >= 0.3 is 16.3 Å². The Morgan fingerprint density at radius 3 is 2.45 bits per heavy atom. The van der Waals surface area contributed by atoms with Gasteiger partial charge in [-0.2, -0.15) is 12.7 Å². The van der Waals surface area contributed by atoms with E-state index in [0.717, 1.165) is 15.6 Å². The van der Waals surface area contributed by atoms with E-state index in [4.69, 9.17) is 24.2 Å². The zero-order valence-electron chi connectivity index (χ0n) is 30.4. The molecule has 2 fully saturated rings. The second-order valence-electron chi connectivity index (χ2n) is 14.4. The van der Waals surface area contributed by atoms with Gasteiger partial charge in [0, 0.05) is 48.8 Å². The van der Waals surface area contributed by atoms with Gasteiger partial charge in [0.1, 0.15) is 45.5 Å². The van der Waals surface area contributed by atoms with Crippen LogP contribution in [0.3, 0.4) is 0 Å². The number of nitrogens with one attached hydrogen (secondary N) is 2. The van der Waals surface area contributed by atoms with Crippen molar-refractivity contribution >= 4 is 50.4 Å². The number of rotatable bonds is 11. The van der Waals surface area contributed by atoms with Crippen LogP contribution in [0.4, 0.5) is 4.79 Å². The van der Waals surface area contributed by atoms with Crippen molar-refractivity contribution in [2.45, 2.75) is 83.6 Å². The van der Waals surface area contributed by atoms with Crippen molar-refractivity contribution in [2.24, 2.45) is 5.92 Å². The highest BCUT2D eigenvalue weighted by molar-refractivity contribution is 7.87. The molecule has 5 rings (SSSR count). The van der Waals surface area contributed by atoms with Crippen LogP contribution in [0.2, 0.25) is 0 Å². The summed E-state index contributed by atoms with van der Waals surface area (Å²) in [7, 11) is 0.0119. The van der Waals surface area contributed by atoms with Crippen LogP contribution in [-0.2, 0) is 24.5 Å². The Labute approximate surface area is 302 Å². The van der Waals surface area contributed by atoms with E-state index >= 15 is 0 Å². The number of nitrogens with zero attached hydrogens (tertiary/aromatic N) is 4. The Bertz CT molecular complexity index is 1970. The van der Waals surface area contributed by atoms with E-state index in [1.54, 1.807) is 27.9 Å². The molecule has 4 atom stereocenters. The van der Waals surface area contributed by atoms with Crippen molar-refractivity contribution in [1.82, 2.24) is 29.2 Å². The van der Waals surface area contributed by atoms with E-state index < -0.39 is 57.3 Å². The van der Waals surface area contributed by atoms with Crippen LogP contribution in [0.5, 0.6) is 11.5 Å². The molecule has 0 bridgehead atoms. The molecule has 2 N–H and O–H groups in total. The first-order valence-electron chi connectivity index (χ1n) is 16.6. The first kappa shape index (κ1) is 38.0. The van der Waals surface area contributed by atoms with Crippen LogP contribution in [-0.4, -0.2) is 96.5 Å². The maximum Gasteiger partial charge on any atom is 0.411 e. The number of fused-ring (bicyclic) bond motifs is 1. The zero-order chi connectivity index (χ0) is 37.6. The molecule has 2 aromatic heterocycles. The number of benzene rings is 1. The lowest BCUT2D eigenvalue weighted by Gasteiger charge is -2.29. The molecule has 51 heavy (non-hydrogen) atoms. The SMILES string of the molecule is C=C[C@@H]1C[C@]1(NC(=O)[C@@H]1C[C@@H](Oc2cc(-c3nc(C(C)C)cs3)nc3c(C)c(OC)ccc23)CN1C(=O)OC(C)(C)C)C(=O)NS(=O)(=O)N(C)C. The molecule has 276 valence electrons. The van der Waals surface area contributed by atoms with Gasteiger partial charge in [-0.05, 0) is 52.2 Å². The van der Waals surface area contributed by atoms with Gasteiger partial charge in [-0.15, -0.1) is 17.9 Å². The maximum atomic E-state index is 14.0. The van der Waals surface area contributed by atoms with Crippen LogP contribution in [0.25, 0.3) is 21.6 Å². The second-order valence-corrected chi connectivity index (χ2v) is 17.1. The van der Waals surface area contributed by atoms with Gasteiger partial charge in [-0.25, -0.2) is 19.5 Å². The highest BCUT2D eigenvalue weighted by atomic mass is 32.2. The van der Waals surface area contributed by atoms with E-state index in [-0.39, 0.29) is 25.3 Å². The minimum absolute atomic E-state index is 0.00483. The van der Waals surface area contributed by atoms with Crippen molar-refractivity contribution in [3.8, 4) is 22.2 Å². The lowest BCUT2D eigenvalue weighted by molar-refractivity contribution is -0.131. The van der Waals surface area contributed by atoms with Crippen molar-refractivity contribution < 1.29 is 37.0 Å². The van der Waals surface area contributed by atoms with Gasteiger partial charge in [0.15, 0.2) is 0 Å². The molecule has 3 aromatic rings. The third-order valence-corrected chi connectivity index (χ3v) is 11.2. The van der Waals surface area contributed by atoms with Crippen molar-refractivity contribution in [1.29, 1.82) is 0 Å². The second kappa shape index (κ2) is 14.0. The summed E-state index contributed by atoms with van der Waals surface area (Å²) < 4.78 is 45.8. The smallest absolute Gasteiger partial charge is 0.411 e. The number of carbonyl (C=O) groups excluding carboxylic acids is 3. The highest BCUT2D eigenvalue weighted by Gasteiger charge is 2.61. The van der Waals surface area contributed by atoms with Gasteiger partial charge in [0.25, 0.3) is 5.91 Å². The molecule has 3 heterocycles. The van der Waals surface area contributed by atoms with Gasteiger partial charge < -0.3 is 19.5 Å². The molecule has 0 unspecified atom stereocenters. The topological polar surface area (TPSA) is 169 Å². The largest absolute Gasteiger partial charge is 0.496 e. The third kappa shape index (κ3) is 7.82. The minimum Gasteiger partial charge on any atom is -0.496 e. The van der Waals surface area contributed by atoms with Gasteiger partial charge in [-0.1, -0.05) is 19.9 Å². The summed E-state index contributed by atoms with van der Waals surface area (Å²) in [5.74, 6) is -0.703. The number of hydrogen-bond donors (Lipinski definition) is 2. The number of aryl methyl sites for hydroxylation is 1. The molecule has 2 aliphatic rings. The standard InChI is InChI=1S/C35H46N6O8S2/c1-11-21-16-35(21,32(43)39-51(45,46)40(8)9)38-30(42)26-14-22(17-41(26)33(44)49-34(5,6)7)48-28-15-24(31-37-25(18-50-31)19(2)3)36-29-20(4)27(47-10)13-12-23(28)29/h11-13,15,18-19,21-22,26H,1,14,16-17H2,2-10H3,(H,38,42)(H,39,43)/t21-,22-,26+,35-/m1/s1.